The van der Waals surface area contributed by atoms with Crippen molar-refractivity contribution < 1.29 is 4.79 Å². The van der Waals surface area contributed by atoms with Crippen LogP contribution < -0.4 is 5.32 Å². The Morgan fingerprint density at radius 2 is 1.62 bits per heavy atom. The quantitative estimate of drug-likeness (QED) is 0.639. The Morgan fingerprint density at radius 1 is 0.923 bits per heavy atom. The second-order valence-electron chi connectivity index (χ2n) is 6.37. The third-order valence-electron chi connectivity index (χ3n) is 4.78. The van der Waals surface area contributed by atoms with Crippen LogP contribution in [0, 0.1) is 0 Å². The Balaban J connectivity index is 1.70. The van der Waals surface area contributed by atoms with Crippen LogP contribution in [0.1, 0.15) is 22.7 Å². The van der Waals surface area contributed by atoms with Crippen LogP contribution in [0.15, 0.2) is 78.9 Å². The number of carbonyl (C=O) groups is 1. The number of para-hydroxylation sites is 1. The average molecular weight is 363 g/mol. The van der Waals surface area contributed by atoms with E-state index < -0.39 is 0 Å². The van der Waals surface area contributed by atoms with Crippen LogP contribution in [0.5, 0.6) is 0 Å². The zero-order valence-electron chi connectivity index (χ0n) is 14.2. The van der Waals surface area contributed by atoms with Gasteiger partial charge in [-0.05, 0) is 35.2 Å². The maximum Gasteiger partial charge on any atom is 0.322 e. The van der Waals surface area contributed by atoms with Gasteiger partial charge in [0, 0.05) is 6.54 Å². The molecule has 4 heteroatoms. The number of urea groups is 1. The summed E-state index contributed by atoms with van der Waals surface area (Å²) in [4.78, 5) is 15.0. The van der Waals surface area contributed by atoms with Crippen molar-refractivity contribution in [2.45, 2.75) is 12.5 Å². The van der Waals surface area contributed by atoms with Gasteiger partial charge >= 0.3 is 6.03 Å². The zero-order valence-corrected chi connectivity index (χ0v) is 15.0. The van der Waals surface area contributed by atoms with E-state index >= 15 is 0 Å². The molecule has 1 atom stereocenters. The van der Waals surface area contributed by atoms with Gasteiger partial charge in [-0.1, -0.05) is 78.3 Å². The standard InChI is InChI=1S/C22H19ClN2O/c23-19-12-6-7-13-20(19)24-22(26)25-15-14-16-8-4-5-11-18(16)21(25)17-9-2-1-3-10-17/h1-13,21H,14-15H2,(H,24,26)/t21-/m0/s1. The van der Waals surface area contributed by atoms with Gasteiger partial charge in [-0.3, -0.25) is 0 Å². The van der Waals surface area contributed by atoms with E-state index in [0.29, 0.717) is 17.3 Å². The maximum atomic E-state index is 13.1. The molecule has 3 aromatic carbocycles. The fraction of sp³-hybridized carbons (Fsp3) is 0.136. The number of hydrogen-bond donors (Lipinski definition) is 1. The molecular weight excluding hydrogens is 344 g/mol. The molecule has 0 unspecified atom stereocenters. The molecule has 4 rings (SSSR count). The molecule has 3 aromatic rings. The minimum absolute atomic E-state index is 0.108. The Bertz CT molecular complexity index is 926. The van der Waals surface area contributed by atoms with E-state index in [2.05, 4.69) is 35.6 Å². The van der Waals surface area contributed by atoms with Crippen LogP contribution in [0.4, 0.5) is 10.5 Å². The van der Waals surface area contributed by atoms with Crippen molar-refractivity contribution in [1.82, 2.24) is 4.90 Å². The lowest BCUT2D eigenvalue weighted by molar-refractivity contribution is 0.194. The molecule has 0 saturated carbocycles. The topological polar surface area (TPSA) is 32.3 Å². The summed E-state index contributed by atoms with van der Waals surface area (Å²) in [6.45, 7) is 0.660. The first-order valence-corrected chi connectivity index (χ1v) is 9.07. The first-order valence-electron chi connectivity index (χ1n) is 8.69. The highest BCUT2D eigenvalue weighted by molar-refractivity contribution is 6.33. The molecule has 0 bridgehead atoms. The van der Waals surface area contributed by atoms with Crippen molar-refractivity contribution in [3.05, 3.63) is 101 Å². The summed E-state index contributed by atoms with van der Waals surface area (Å²) in [5.74, 6) is 0. The Morgan fingerprint density at radius 3 is 2.42 bits per heavy atom. The zero-order chi connectivity index (χ0) is 17.9. The van der Waals surface area contributed by atoms with E-state index in [4.69, 9.17) is 11.6 Å². The second-order valence-corrected chi connectivity index (χ2v) is 6.77. The van der Waals surface area contributed by atoms with E-state index in [9.17, 15) is 4.79 Å². The summed E-state index contributed by atoms with van der Waals surface area (Å²) in [5, 5.41) is 3.50. The number of anilines is 1. The summed E-state index contributed by atoms with van der Waals surface area (Å²) in [6.07, 6.45) is 0.843. The van der Waals surface area contributed by atoms with Crippen LogP contribution in [0.3, 0.4) is 0 Å². The summed E-state index contributed by atoms with van der Waals surface area (Å²) < 4.78 is 0. The van der Waals surface area contributed by atoms with E-state index in [0.717, 1.165) is 12.0 Å². The van der Waals surface area contributed by atoms with Gasteiger partial charge in [0.2, 0.25) is 0 Å². The first-order chi connectivity index (χ1) is 12.7. The van der Waals surface area contributed by atoms with Gasteiger partial charge in [0.1, 0.15) is 0 Å². The third kappa shape index (κ3) is 3.18. The summed E-state index contributed by atoms with van der Waals surface area (Å²) in [5.41, 5.74) is 4.21. The lowest BCUT2D eigenvalue weighted by Gasteiger charge is -2.37. The van der Waals surface area contributed by atoms with Crippen LogP contribution in [-0.4, -0.2) is 17.5 Å². The summed E-state index contributed by atoms with van der Waals surface area (Å²) in [6, 6.07) is 25.6. The molecule has 0 fully saturated rings. The van der Waals surface area contributed by atoms with Crippen LogP contribution in [0.25, 0.3) is 0 Å². The Kier molecular flexibility index (Phi) is 4.63. The van der Waals surface area contributed by atoms with Crippen molar-refractivity contribution in [3.63, 3.8) is 0 Å². The normalized spacial score (nSPS) is 16.0. The average Bonchev–Trinajstić information content (AvgIpc) is 2.69. The minimum atomic E-state index is -0.138. The highest BCUT2D eigenvalue weighted by Gasteiger charge is 2.32. The highest BCUT2D eigenvalue weighted by Crippen LogP contribution is 2.35. The lowest BCUT2D eigenvalue weighted by Crippen LogP contribution is -2.43. The molecule has 26 heavy (non-hydrogen) atoms. The fourth-order valence-electron chi connectivity index (χ4n) is 3.53. The van der Waals surface area contributed by atoms with Gasteiger partial charge < -0.3 is 10.2 Å². The molecule has 0 radical (unpaired) electrons. The van der Waals surface area contributed by atoms with E-state index in [1.54, 1.807) is 6.07 Å². The molecule has 1 N–H and O–H groups in total. The second kappa shape index (κ2) is 7.22. The van der Waals surface area contributed by atoms with E-state index in [1.165, 1.54) is 11.1 Å². The van der Waals surface area contributed by atoms with Gasteiger partial charge in [-0.2, -0.15) is 0 Å². The molecule has 0 aliphatic carbocycles. The Hall–Kier alpha value is -2.78. The number of carbonyl (C=O) groups excluding carboxylic acids is 1. The monoisotopic (exact) mass is 362 g/mol. The van der Waals surface area contributed by atoms with Crippen LogP contribution in [-0.2, 0) is 6.42 Å². The number of nitrogens with zero attached hydrogens (tertiary/aromatic N) is 1. The molecule has 1 aliphatic rings. The number of amides is 2. The van der Waals surface area contributed by atoms with E-state index in [1.807, 2.05) is 47.4 Å². The predicted octanol–water partition coefficient (Wildman–Crippen LogP) is 5.52. The summed E-state index contributed by atoms with van der Waals surface area (Å²) in [7, 11) is 0. The highest BCUT2D eigenvalue weighted by atomic mass is 35.5. The molecular formula is C22H19ClN2O. The Labute approximate surface area is 158 Å². The van der Waals surface area contributed by atoms with Gasteiger partial charge in [0.25, 0.3) is 0 Å². The molecule has 3 nitrogen and oxygen atoms in total. The molecule has 0 saturated heterocycles. The number of fused-ring (bicyclic) bond motifs is 1. The molecule has 2 amide bonds. The minimum Gasteiger partial charge on any atom is -0.313 e. The maximum absolute atomic E-state index is 13.1. The molecule has 1 aliphatic heterocycles. The number of nitrogens with one attached hydrogen (secondary N) is 1. The third-order valence-corrected chi connectivity index (χ3v) is 5.10. The van der Waals surface area contributed by atoms with Crippen molar-refractivity contribution in [2.75, 3.05) is 11.9 Å². The van der Waals surface area contributed by atoms with Crippen molar-refractivity contribution in [3.8, 4) is 0 Å². The van der Waals surface area contributed by atoms with Crippen molar-refractivity contribution >= 4 is 23.3 Å². The molecule has 1 heterocycles. The van der Waals surface area contributed by atoms with Crippen LogP contribution >= 0.6 is 11.6 Å². The van der Waals surface area contributed by atoms with Gasteiger partial charge in [0.05, 0.1) is 16.8 Å². The van der Waals surface area contributed by atoms with Gasteiger partial charge in [-0.15, -0.1) is 0 Å². The lowest BCUT2D eigenvalue weighted by atomic mass is 9.88. The molecule has 130 valence electrons. The number of benzene rings is 3. The largest absolute Gasteiger partial charge is 0.322 e. The van der Waals surface area contributed by atoms with Crippen molar-refractivity contribution in [1.29, 1.82) is 0 Å². The van der Waals surface area contributed by atoms with Crippen LogP contribution in [0.2, 0.25) is 5.02 Å². The van der Waals surface area contributed by atoms with Crippen molar-refractivity contribution in [2.24, 2.45) is 0 Å². The number of rotatable bonds is 2. The van der Waals surface area contributed by atoms with Gasteiger partial charge in [-0.25, -0.2) is 4.79 Å². The number of hydrogen-bond acceptors (Lipinski definition) is 1. The first kappa shape index (κ1) is 16.7. The summed E-state index contributed by atoms with van der Waals surface area (Å²) >= 11 is 6.21. The number of halogens is 1. The smallest absolute Gasteiger partial charge is 0.313 e. The molecule has 0 aromatic heterocycles. The molecule has 0 spiro atoms. The SMILES string of the molecule is O=C(Nc1ccccc1Cl)N1CCc2ccccc2[C@@H]1c1ccccc1. The van der Waals surface area contributed by atoms with Gasteiger partial charge in [0.15, 0.2) is 0 Å². The van der Waals surface area contributed by atoms with E-state index in [-0.39, 0.29) is 12.1 Å². The fourth-order valence-corrected chi connectivity index (χ4v) is 3.71. The predicted molar refractivity (Wildman–Crippen MR) is 106 cm³/mol.